The molecule has 0 unspecified atom stereocenters. The van der Waals surface area contributed by atoms with Gasteiger partial charge in [0, 0.05) is 18.5 Å². The van der Waals surface area contributed by atoms with Gasteiger partial charge in [-0.1, -0.05) is 26.0 Å². The quantitative estimate of drug-likeness (QED) is 0.881. The van der Waals surface area contributed by atoms with E-state index in [0.717, 1.165) is 11.3 Å². The first-order chi connectivity index (χ1) is 8.44. The molecule has 0 radical (unpaired) electrons. The molecule has 4 heteroatoms. The number of likely N-dealkylation sites (tertiary alicyclic amines) is 1. The predicted molar refractivity (Wildman–Crippen MR) is 68.2 cm³/mol. The molecule has 1 heterocycles. The Morgan fingerprint density at radius 2 is 2.00 bits per heavy atom. The first kappa shape index (κ1) is 12.9. The maximum Gasteiger partial charge on any atom is 0.252 e. The molecule has 2 rings (SSSR count). The lowest BCUT2D eigenvalue weighted by atomic mass is 9.90. The average Bonchev–Trinajstić information content (AvgIpc) is 2.54. The number of methoxy groups -OCH3 is 1. The van der Waals surface area contributed by atoms with Crippen LogP contribution >= 0.6 is 0 Å². The topological polar surface area (TPSA) is 49.8 Å². The lowest BCUT2D eigenvalue weighted by molar-refractivity contribution is -0.136. The minimum Gasteiger partial charge on any atom is -0.497 e. The van der Waals surface area contributed by atoms with Gasteiger partial charge in [0.25, 0.3) is 5.91 Å². The normalized spacial score (nSPS) is 22.3. The van der Waals surface area contributed by atoms with Gasteiger partial charge in [0.2, 0.25) is 0 Å². The van der Waals surface area contributed by atoms with Crippen LogP contribution in [0.25, 0.3) is 0 Å². The Morgan fingerprint density at radius 1 is 1.39 bits per heavy atom. The highest BCUT2D eigenvalue weighted by atomic mass is 16.5. The summed E-state index contributed by atoms with van der Waals surface area (Å²) in [5.41, 5.74) is 0.665. The molecule has 1 aromatic carbocycles. The Morgan fingerprint density at radius 3 is 2.44 bits per heavy atom. The second kappa shape index (κ2) is 4.61. The smallest absolute Gasteiger partial charge is 0.252 e. The SMILES string of the molecule is COc1ccc(CN2CC(C)(C)[C@H](O)C2=O)cc1. The fourth-order valence-corrected chi connectivity index (χ4v) is 2.25. The number of carbonyl (C=O) groups excluding carboxylic acids is 1. The molecule has 98 valence electrons. The number of hydrogen-bond donors (Lipinski definition) is 1. The van der Waals surface area contributed by atoms with Gasteiger partial charge in [0.1, 0.15) is 11.9 Å². The second-order valence-corrected chi connectivity index (χ2v) is 5.43. The van der Waals surface area contributed by atoms with Crippen molar-refractivity contribution >= 4 is 5.91 Å². The Balaban J connectivity index is 2.08. The van der Waals surface area contributed by atoms with E-state index in [0.29, 0.717) is 13.1 Å². The lowest BCUT2D eigenvalue weighted by Gasteiger charge is -2.20. The molecule has 4 nitrogen and oxygen atoms in total. The highest BCUT2D eigenvalue weighted by Crippen LogP contribution is 2.31. The number of hydrogen-bond acceptors (Lipinski definition) is 3. The maximum absolute atomic E-state index is 11.9. The zero-order valence-electron chi connectivity index (χ0n) is 11.0. The molecule has 1 aliphatic heterocycles. The zero-order valence-corrected chi connectivity index (χ0v) is 11.0. The van der Waals surface area contributed by atoms with Crippen molar-refractivity contribution in [1.82, 2.24) is 4.90 Å². The molecule has 1 aliphatic rings. The molecule has 0 aromatic heterocycles. The molecule has 1 N–H and O–H groups in total. The summed E-state index contributed by atoms with van der Waals surface area (Å²) in [6, 6.07) is 7.61. The van der Waals surface area contributed by atoms with Crippen molar-refractivity contribution in [2.24, 2.45) is 5.41 Å². The summed E-state index contributed by atoms with van der Waals surface area (Å²) in [5, 5.41) is 9.84. The number of amides is 1. The van der Waals surface area contributed by atoms with Gasteiger partial charge in [-0.05, 0) is 17.7 Å². The predicted octanol–water partition coefficient (Wildman–Crippen LogP) is 1.42. The van der Waals surface area contributed by atoms with Crippen LogP contribution < -0.4 is 4.74 Å². The number of aliphatic hydroxyl groups is 1. The fourth-order valence-electron chi connectivity index (χ4n) is 2.25. The molecule has 0 bridgehead atoms. The number of ether oxygens (including phenoxy) is 1. The molecule has 18 heavy (non-hydrogen) atoms. The molecule has 0 spiro atoms. The molecular formula is C14H19NO3. The maximum atomic E-state index is 11.9. The average molecular weight is 249 g/mol. The number of aliphatic hydroxyl groups excluding tert-OH is 1. The van der Waals surface area contributed by atoms with Gasteiger partial charge in [0.15, 0.2) is 0 Å². The fraction of sp³-hybridized carbons (Fsp3) is 0.500. The number of nitrogens with zero attached hydrogens (tertiary/aromatic N) is 1. The molecule has 1 atom stereocenters. The van der Waals surface area contributed by atoms with Crippen molar-refractivity contribution in [3.8, 4) is 5.75 Å². The van der Waals surface area contributed by atoms with Crippen LogP contribution in [0.3, 0.4) is 0 Å². The third-order valence-corrected chi connectivity index (χ3v) is 3.42. The largest absolute Gasteiger partial charge is 0.497 e. The van der Waals surface area contributed by atoms with E-state index >= 15 is 0 Å². The molecular weight excluding hydrogens is 230 g/mol. The van der Waals surface area contributed by atoms with Crippen LogP contribution in [0, 0.1) is 5.41 Å². The number of benzene rings is 1. The zero-order chi connectivity index (χ0) is 13.3. The molecule has 1 fully saturated rings. The molecule has 0 saturated carbocycles. The van der Waals surface area contributed by atoms with Gasteiger partial charge in [-0.3, -0.25) is 4.79 Å². The monoisotopic (exact) mass is 249 g/mol. The summed E-state index contributed by atoms with van der Waals surface area (Å²) in [7, 11) is 1.62. The van der Waals surface area contributed by atoms with E-state index in [1.165, 1.54) is 0 Å². The van der Waals surface area contributed by atoms with Crippen molar-refractivity contribution in [2.45, 2.75) is 26.5 Å². The van der Waals surface area contributed by atoms with Crippen molar-refractivity contribution in [2.75, 3.05) is 13.7 Å². The Hall–Kier alpha value is -1.55. The summed E-state index contributed by atoms with van der Waals surface area (Å²) < 4.78 is 5.09. The van der Waals surface area contributed by atoms with Gasteiger partial charge in [-0.15, -0.1) is 0 Å². The van der Waals surface area contributed by atoms with Crippen LogP contribution in [0.2, 0.25) is 0 Å². The van der Waals surface area contributed by atoms with E-state index in [9.17, 15) is 9.90 Å². The standard InChI is InChI=1S/C14H19NO3/c1-14(2)9-15(13(17)12(14)16)8-10-4-6-11(18-3)7-5-10/h4-7,12,16H,8-9H2,1-3H3/t12-/m1/s1. The lowest BCUT2D eigenvalue weighted by Crippen LogP contribution is -2.30. The van der Waals surface area contributed by atoms with Crippen LogP contribution in [0.5, 0.6) is 5.75 Å². The van der Waals surface area contributed by atoms with Crippen LogP contribution in [-0.2, 0) is 11.3 Å². The summed E-state index contributed by atoms with van der Waals surface area (Å²) in [5.74, 6) is 0.614. The van der Waals surface area contributed by atoms with Gasteiger partial charge in [-0.2, -0.15) is 0 Å². The summed E-state index contributed by atoms with van der Waals surface area (Å²) in [4.78, 5) is 13.6. The van der Waals surface area contributed by atoms with Gasteiger partial charge >= 0.3 is 0 Å². The van der Waals surface area contributed by atoms with Crippen molar-refractivity contribution in [3.63, 3.8) is 0 Å². The first-order valence-electron chi connectivity index (χ1n) is 6.04. The Kier molecular flexibility index (Phi) is 3.30. The van der Waals surface area contributed by atoms with Gasteiger partial charge in [0.05, 0.1) is 7.11 Å². The van der Waals surface area contributed by atoms with Crippen molar-refractivity contribution < 1.29 is 14.6 Å². The van der Waals surface area contributed by atoms with Crippen molar-refractivity contribution in [1.29, 1.82) is 0 Å². The van der Waals surface area contributed by atoms with Gasteiger partial charge in [-0.25, -0.2) is 0 Å². The molecule has 1 saturated heterocycles. The van der Waals surface area contributed by atoms with Gasteiger partial charge < -0.3 is 14.7 Å². The van der Waals surface area contributed by atoms with E-state index in [1.807, 2.05) is 38.1 Å². The molecule has 1 amide bonds. The van der Waals surface area contributed by atoms with E-state index in [1.54, 1.807) is 12.0 Å². The molecule has 0 aliphatic carbocycles. The van der Waals surface area contributed by atoms with E-state index in [2.05, 4.69) is 0 Å². The summed E-state index contributed by atoms with van der Waals surface area (Å²) in [6.45, 7) is 4.93. The van der Waals surface area contributed by atoms with Crippen LogP contribution in [0.1, 0.15) is 19.4 Å². The minimum atomic E-state index is -0.893. The second-order valence-electron chi connectivity index (χ2n) is 5.43. The van der Waals surface area contributed by atoms with Crippen LogP contribution in [-0.4, -0.2) is 35.7 Å². The summed E-state index contributed by atoms with van der Waals surface area (Å²) >= 11 is 0. The number of rotatable bonds is 3. The third kappa shape index (κ3) is 2.34. The van der Waals surface area contributed by atoms with Crippen LogP contribution in [0.4, 0.5) is 0 Å². The third-order valence-electron chi connectivity index (χ3n) is 3.42. The first-order valence-corrected chi connectivity index (χ1v) is 6.04. The highest BCUT2D eigenvalue weighted by molar-refractivity contribution is 5.84. The van der Waals surface area contributed by atoms with Crippen molar-refractivity contribution in [3.05, 3.63) is 29.8 Å². The van der Waals surface area contributed by atoms with E-state index < -0.39 is 6.10 Å². The highest BCUT2D eigenvalue weighted by Gasteiger charge is 2.44. The number of carbonyl (C=O) groups is 1. The Bertz CT molecular complexity index is 439. The minimum absolute atomic E-state index is 0.184. The summed E-state index contributed by atoms with van der Waals surface area (Å²) in [6.07, 6.45) is -0.893. The molecule has 1 aromatic rings. The Labute approximate surface area is 107 Å². The van der Waals surface area contributed by atoms with E-state index in [-0.39, 0.29) is 11.3 Å². The van der Waals surface area contributed by atoms with Crippen LogP contribution in [0.15, 0.2) is 24.3 Å². The van der Waals surface area contributed by atoms with E-state index in [4.69, 9.17) is 4.74 Å².